The molecule has 1 aromatic heterocycles. The lowest BCUT2D eigenvalue weighted by atomic mass is 9.95. The van der Waals surface area contributed by atoms with Crippen LogP contribution in [0.25, 0.3) is 16.5 Å². The number of unbranched alkanes of at least 4 members (excludes halogenated alkanes) is 1. The third-order valence-corrected chi connectivity index (χ3v) is 7.92. The number of allylic oxidation sites excluding steroid dienone is 1. The zero-order chi connectivity index (χ0) is 26.3. The van der Waals surface area contributed by atoms with E-state index in [1.165, 1.54) is 0 Å². The number of rotatable bonds is 11. The third kappa shape index (κ3) is 7.13. The molecule has 8 heteroatoms. The second-order valence-electron chi connectivity index (χ2n) is 8.59. The van der Waals surface area contributed by atoms with Crippen molar-refractivity contribution < 1.29 is 18.3 Å². The summed E-state index contributed by atoms with van der Waals surface area (Å²) in [6.07, 6.45) is 5.55. The van der Waals surface area contributed by atoms with Crippen LogP contribution in [-0.4, -0.2) is 31.0 Å². The van der Waals surface area contributed by atoms with Crippen LogP contribution in [0.1, 0.15) is 36.0 Å². The Morgan fingerprint density at radius 3 is 2.49 bits per heavy atom. The van der Waals surface area contributed by atoms with Gasteiger partial charge in [0.2, 0.25) is 10.0 Å². The van der Waals surface area contributed by atoms with E-state index in [4.69, 9.17) is 5.11 Å². The van der Waals surface area contributed by atoms with E-state index < -0.39 is 16.0 Å². The molecule has 3 aromatic carbocycles. The third-order valence-electron chi connectivity index (χ3n) is 5.93. The number of halogens is 1. The molecule has 2 N–H and O–H groups in total. The highest BCUT2D eigenvalue weighted by molar-refractivity contribution is 9.10. The summed E-state index contributed by atoms with van der Waals surface area (Å²) >= 11 is 3.53. The summed E-state index contributed by atoms with van der Waals surface area (Å²) in [5, 5.41) is 9.72. The van der Waals surface area contributed by atoms with Crippen molar-refractivity contribution in [1.82, 2.24) is 9.71 Å². The molecular formula is C29H27BrN2O4S. The normalized spacial score (nSPS) is 12.1. The quantitative estimate of drug-likeness (QED) is 0.206. The lowest BCUT2D eigenvalue weighted by Crippen LogP contribution is -2.26. The van der Waals surface area contributed by atoms with Gasteiger partial charge < -0.3 is 5.11 Å². The fourth-order valence-electron chi connectivity index (χ4n) is 4.11. The summed E-state index contributed by atoms with van der Waals surface area (Å²) in [4.78, 5) is 15.3. The molecule has 0 aliphatic carbocycles. The molecule has 4 aromatic rings. The highest BCUT2D eigenvalue weighted by Crippen LogP contribution is 2.27. The lowest BCUT2D eigenvalue weighted by molar-refractivity contribution is -0.137. The molecule has 0 bridgehead atoms. The molecule has 4 rings (SSSR count). The molecule has 1 heterocycles. The number of carbonyl (C=O) groups is 1. The summed E-state index contributed by atoms with van der Waals surface area (Å²) in [6, 6.07) is 24.8. The Hall–Kier alpha value is -3.33. The molecule has 0 amide bonds. The predicted octanol–water partition coefficient (Wildman–Crippen LogP) is 6.20. The highest BCUT2D eigenvalue weighted by Gasteiger charge is 2.17. The first-order chi connectivity index (χ1) is 17.8. The Morgan fingerprint density at radius 1 is 0.973 bits per heavy atom. The highest BCUT2D eigenvalue weighted by atomic mass is 79.9. The average Bonchev–Trinajstić information content (AvgIpc) is 2.89. The van der Waals surface area contributed by atoms with Crippen molar-refractivity contribution in [3.05, 3.63) is 112 Å². The Balaban J connectivity index is 1.45. The fraction of sp³-hybridized carbons (Fsp3) is 0.172. The smallest absolute Gasteiger partial charge is 0.303 e. The Bertz CT molecular complexity index is 1530. The minimum absolute atomic E-state index is 0.131. The van der Waals surface area contributed by atoms with Crippen molar-refractivity contribution >= 4 is 48.4 Å². The van der Waals surface area contributed by atoms with Gasteiger partial charge in [-0.2, -0.15) is 0 Å². The summed E-state index contributed by atoms with van der Waals surface area (Å²) in [5.74, 6) is -0.797. The predicted molar refractivity (Wildman–Crippen MR) is 150 cm³/mol. The second-order valence-corrected chi connectivity index (χ2v) is 11.2. The molecule has 0 fully saturated rings. The number of pyridine rings is 1. The number of nitrogens with one attached hydrogen (secondary N) is 1. The lowest BCUT2D eigenvalue weighted by Gasteiger charge is -2.12. The molecule has 0 aliphatic heterocycles. The maximum Gasteiger partial charge on any atom is 0.303 e. The standard InChI is InChI=1S/C29H27BrN2O4S/c30-25-9-3-7-24(20-25)26(10-1-2-12-28(33)34)22-15-13-21(14-16-22)17-19-32-37(35,36)27-11-4-6-23-8-5-18-31-29(23)27/h3-11,13-16,18,20,32H,1-2,12,17,19H2,(H,33,34)/b26-10+. The molecule has 0 saturated carbocycles. The molecule has 0 unspecified atom stereocenters. The summed E-state index contributed by atoms with van der Waals surface area (Å²) in [5.41, 5.74) is 4.54. The van der Waals surface area contributed by atoms with Gasteiger partial charge in [-0.3, -0.25) is 9.78 Å². The van der Waals surface area contributed by atoms with Crippen LogP contribution in [0.3, 0.4) is 0 Å². The van der Waals surface area contributed by atoms with Gasteiger partial charge in [0, 0.05) is 29.0 Å². The molecule has 0 aliphatic rings. The molecule has 6 nitrogen and oxygen atoms in total. The van der Waals surface area contributed by atoms with Crippen molar-refractivity contribution in [2.24, 2.45) is 0 Å². The van der Waals surface area contributed by atoms with Gasteiger partial charge in [0.25, 0.3) is 0 Å². The van der Waals surface area contributed by atoms with E-state index in [1.54, 1.807) is 24.4 Å². The van der Waals surface area contributed by atoms with Gasteiger partial charge in [-0.25, -0.2) is 13.1 Å². The zero-order valence-corrected chi connectivity index (χ0v) is 22.5. The molecule has 0 radical (unpaired) electrons. The monoisotopic (exact) mass is 578 g/mol. The van der Waals surface area contributed by atoms with Gasteiger partial charge in [-0.15, -0.1) is 0 Å². The van der Waals surface area contributed by atoms with E-state index in [2.05, 4.69) is 31.7 Å². The van der Waals surface area contributed by atoms with Crippen molar-refractivity contribution in [2.75, 3.05) is 6.54 Å². The van der Waals surface area contributed by atoms with Gasteiger partial charge in [0.1, 0.15) is 4.90 Å². The topological polar surface area (TPSA) is 96.4 Å². The maximum atomic E-state index is 12.9. The van der Waals surface area contributed by atoms with Gasteiger partial charge >= 0.3 is 5.97 Å². The number of aliphatic carboxylic acids is 1. The number of fused-ring (bicyclic) bond motifs is 1. The summed E-state index contributed by atoms with van der Waals surface area (Å²) in [7, 11) is -3.71. The van der Waals surface area contributed by atoms with E-state index in [0.717, 1.165) is 32.1 Å². The summed E-state index contributed by atoms with van der Waals surface area (Å²) < 4.78 is 29.5. The molecule has 0 spiro atoms. The second kappa shape index (κ2) is 12.3. The first-order valence-electron chi connectivity index (χ1n) is 11.9. The van der Waals surface area contributed by atoms with Gasteiger partial charge in [0.05, 0.1) is 5.52 Å². The van der Waals surface area contributed by atoms with Crippen molar-refractivity contribution in [3.63, 3.8) is 0 Å². The van der Waals surface area contributed by atoms with Crippen LogP contribution in [0.5, 0.6) is 0 Å². The number of para-hydroxylation sites is 1. The fourth-order valence-corrected chi connectivity index (χ4v) is 5.72. The summed E-state index contributed by atoms with van der Waals surface area (Å²) in [6.45, 7) is 0.258. The van der Waals surface area contributed by atoms with E-state index in [9.17, 15) is 13.2 Å². The van der Waals surface area contributed by atoms with Gasteiger partial charge in [-0.1, -0.05) is 76.6 Å². The van der Waals surface area contributed by atoms with Crippen molar-refractivity contribution in [2.45, 2.75) is 30.6 Å². The molecule has 0 atom stereocenters. The molecule has 190 valence electrons. The number of benzene rings is 3. The Morgan fingerprint density at radius 2 is 1.73 bits per heavy atom. The number of carboxylic acid groups (broad SMARTS) is 1. The minimum Gasteiger partial charge on any atom is -0.481 e. The maximum absolute atomic E-state index is 12.9. The number of aromatic nitrogens is 1. The molecule has 0 saturated heterocycles. The van der Waals surface area contributed by atoms with Crippen LogP contribution in [0, 0.1) is 0 Å². The van der Waals surface area contributed by atoms with Crippen LogP contribution < -0.4 is 4.72 Å². The largest absolute Gasteiger partial charge is 0.481 e. The Kier molecular flexibility index (Phi) is 8.87. The first kappa shape index (κ1) is 26.7. The number of nitrogens with zero attached hydrogens (tertiary/aromatic N) is 1. The average molecular weight is 580 g/mol. The van der Waals surface area contributed by atoms with Crippen LogP contribution in [0.2, 0.25) is 0 Å². The molecular weight excluding hydrogens is 552 g/mol. The van der Waals surface area contributed by atoms with Crippen molar-refractivity contribution in [1.29, 1.82) is 0 Å². The van der Waals surface area contributed by atoms with Crippen molar-refractivity contribution in [3.8, 4) is 0 Å². The molecule has 37 heavy (non-hydrogen) atoms. The van der Waals surface area contributed by atoms with E-state index in [0.29, 0.717) is 24.8 Å². The Labute approximate surface area is 225 Å². The van der Waals surface area contributed by atoms with Gasteiger partial charge in [-0.05, 0) is 65.8 Å². The number of sulfonamides is 1. The number of carboxylic acids is 1. The van der Waals surface area contributed by atoms with Crippen LogP contribution >= 0.6 is 15.9 Å². The zero-order valence-electron chi connectivity index (χ0n) is 20.1. The van der Waals surface area contributed by atoms with Crippen LogP contribution in [0.15, 0.2) is 101 Å². The van der Waals surface area contributed by atoms with E-state index in [-0.39, 0.29) is 17.9 Å². The number of hydrogen-bond acceptors (Lipinski definition) is 4. The van der Waals surface area contributed by atoms with Gasteiger partial charge in [0.15, 0.2) is 0 Å². The first-order valence-corrected chi connectivity index (χ1v) is 14.2. The van der Waals surface area contributed by atoms with E-state index >= 15 is 0 Å². The number of hydrogen-bond donors (Lipinski definition) is 2. The SMILES string of the molecule is O=C(O)CCC/C=C(\c1ccc(CCNS(=O)(=O)c2cccc3cccnc23)cc1)c1cccc(Br)c1. The van der Waals surface area contributed by atoms with Crippen LogP contribution in [0.4, 0.5) is 0 Å². The van der Waals surface area contributed by atoms with E-state index in [1.807, 2.05) is 60.7 Å². The minimum atomic E-state index is -3.71. The van der Waals surface area contributed by atoms with Crippen LogP contribution in [-0.2, 0) is 21.2 Å².